The van der Waals surface area contributed by atoms with Crippen LogP contribution >= 0.6 is 11.6 Å². The Labute approximate surface area is 91.4 Å². The Morgan fingerprint density at radius 1 is 1.60 bits per heavy atom. The largest absolute Gasteiger partial charge is 0.493 e. The molecule has 0 heterocycles. The van der Waals surface area contributed by atoms with E-state index in [0.717, 1.165) is 0 Å². The fourth-order valence-electron chi connectivity index (χ4n) is 1.23. The van der Waals surface area contributed by atoms with Crippen molar-refractivity contribution >= 4 is 17.6 Å². The predicted octanol–water partition coefficient (Wildman–Crippen LogP) is 2.68. The summed E-state index contributed by atoms with van der Waals surface area (Å²) < 4.78 is 18.2. The van der Waals surface area contributed by atoms with Gasteiger partial charge in [0.25, 0.3) is 0 Å². The summed E-state index contributed by atoms with van der Waals surface area (Å²) in [7, 11) is 1.27. The minimum absolute atomic E-state index is 0.0896. The van der Waals surface area contributed by atoms with Gasteiger partial charge < -0.3 is 9.84 Å². The quantitative estimate of drug-likeness (QED) is 0.872. The van der Waals surface area contributed by atoms with Crippen LogP contribution in [0.5, 0.6) is 5.75 Å². The van der Waals surface area contributed by atoms with Crippen molar-refractivity contribution in [3.63, 3.8) is 0 Å². The smallest absolute Gasteiger partial charge is 0.310 e. The van der Waals surface area contributed by atoms with E-state index in [2.05, 4.69) is 0 Å². The normalized spacial score (nSPS) is 12.3. The van der Waals surface area contributed by atoms with Crippen LogP contribution in [-0.4, -0.2) is 18.2 Å². The van der Waals surface area contributed by atoms with E-state index in [4.69, 9.17) is 21.4 Å². The third-order valence-electron chi connectivity index (χ3n) is 2.12. The van der Waals surface area contributed by atoms with Gasteiger partial charge in [0, 0.05) is 5.56 Å². The molecule has 0 radical (unpaired) electrons. The Kier molecular flexibility index (Phi) is 3.52. The van der Waals surface area contributed by atoms with E-state index in [0.29, 0.717) is 0 Å². The molecule has 0 fully saturated rings. The number of hydrogen-bond acceptors (Lipinski definition) is 2. The van der Waals surface area contributed by atoms with E-state index in [-0.39, 0.29) is 16.3 Å². The van der Waals surface area contributed by atoms with E-state index >= 15 is 0 Å². The van der Waals surface area contributed by atoms with Crippen LogP contribution in [-0.2, 0) is 4.79 Å². The van der Waals surface area contributed by atoms with Gasteiger partial charge in [0.15, 0.2) is 11.6 Å². The zero-order valence-electron chi connectivity index (χ0n) is 8.25. The number of benzene rings is 1. The average molecular weight is 233 g/mol. The van der Waals surface area contributed by atoms with Crippen molar-refractivity contribution in [2.24, 2.45) is 0 Å². The van der Waals surface area contributed by atoms with Crippen molar-refractivity contribution in [2.45, 2.75) is 12.8 Å². The molecule has 0 aliphatic rings. The Hall–Kier alpha value is -1.29. The summed E-state index contributed by atoms with van der Waals surface area (Å²) in [5, 5.41) is 8.71. The third-order valence-corrected chi connectivity index (χ3v) is 2.41. The van der Waals surface area contributed by atoms with Crippen molar-refractivity contribution < 1.29 is 19.0 Å². The highest BCUT2D eigenvalue weighted by molar-refractivity contribution is 6.30. The molecule has 0 amide bonds. The zero-order chi connectivity index (χ0) is 11.6. The van der Waals surface area contributed by atoms with Crippen molar-refractivity contribution in [1.82, 2.24) is 0 Å². The SMILES string of the molecule is COc1c(C(C)C(=O)O)ccc(Cl)c1F. The molecule has 0 aliphatic heterocycles. The molecule has 1 aromatic carbocycles. The second-order valence-corrected chi connectivity index (χ2v) is 3.45. The van der Waals surface area contributed by atoms with Crippen LogP contribution in [0.25, 0.3) is 0 Å². The van der Waals surface area contributed by atoms with Gasteiger partial charge in [-0.15, -0.1) is 0 Å². The number of rotatable bonds is 3. The summed E-state index contributed by atoms with van der Waals surface area (Å²) in [5.41, 5.74) is 0.270. The van der Waals surface area contributed by atoms with Crippen LogP contribution in [0.1, 0.15) is 18.4 Å². The summed E-state index contributed by atoms with van der Waals surface area (Å²) in [6.07, 6.45) is 0. The number of carboxylic acids is 1. The molecular weight excluding hydrogens is 223 g/mol. The average Bonchev–Trinajstić information content (AvgIpc) is 2.20. The van der Waals surface area contributed by atoms with E-state index in [1.54, 1.807) is 0 Å². The van der Waals surface area contributed by atoms with Gasteiger partial charge in [0.2, 0.25) is 0 Å². The Bertz CT molecular complexity index is 392. The predicted molar refractivity (Wildman–Crippen MR) is 54.0 cm³/mol. The first-order valence-electron chi connectivity index (χ1n) is 4.23. The van der Waals surface area contributed by atoms with E-state index < -0.39 is 17.7 Å². The highest BCUT2D eigenvalue weighted by Gasteiger charge is 2.22. The molecule has 1 N–H and O–H groups in total. The fraction of sp³-hybridized carbons (Fsp3) is 0.300. The van der Waals surface area contributed by atoms with Gasteiger partial charge in [-0.1, -0.05) is 17.7 Å². The number of methoxy groups -OCH3 is 1. The summed E-state index contributed by atoms with van der Waals surface area (Å²) in [6.45, 7) is 1.45. The van der Waals surface area contributed by atoms with Crippen LogP contribution in [0, 0.1) is 5.82 Å². The number of halogens is 2. The van der Waals surface area contributed by atoms with Crippen molar-refractivity contribution in [3.05, 3.63) is 28.5 Å². The van der Waals surface area contributed by atoms with Gasteiger partial charge in [-0.3, -0.25) is 4.79 Å². The van der Waals surface area contributed by atoms with Gasteiger partial charge in [0.1, 0.15) is 0 Å². The lowest BCUT2D eigenvalue weighted by atomic mass is 10.0. The topological polar surface area (TPSA) is 46.5 Å². The molecule has 0 bridgehead atoms. The molecule has 1 atom stereocenters. The lowest BCUT2D eigenvalue weighted by molar-refractivity contribution is -0.138. The number of carboxylic acid groups (broad SMARTS) is 1. The molecule has 3 nitrogen and oxygen atoms in total. The van der Waals surface area contributed by atoms with Gasteiger partial charge in [-0.2, -0.15) is 0 Å². The first-order valence-corrected chi connectivity index (χ1v) is 4.61. The number of hydrogen-bond donors (Lipinski definition) is 1. The second kappa shape index (κ2) is 4.49. The molecular formula is C10H10ClFO3. The maximum atomic E-state index is 13.4. The van der Waals surface area contributed by atoms with E-state index in [1.165, 1.54) is 26.2 Å². The second-order valence-electron chi connectivity index (χ2n) is 3.04. The van der Waals surface area contributed by atoms with Crippen molar-refractivity contribution in [2.75, 3.05) is 7.11 Å². The van der Waals surface area contributed by atoms with Crippen LogP contribution in [0.2, 0.25) is 5.02 Å². The molecule has 82 valence electrons. The Morgan fingerprint density at radius 3 is 2.67 bits per heavy atom. The molecule has 0 aromatic heterocycles. The van der Waals surface area contributed by atoms with Gasteiger partial charge >= 0.3 is 5.97 Å². The lowest BCUT2D eigenvalue weighted by Crippen LogP contribution is -2.09. The number of ether oxygens (including phenoxy) is 1. The van der Waals surface area contributed by atoms with Crippen LogP contribution in [0.15, 0.2) is 12.1 Å². The van der Waals surface area contributed by atoms with Crippen molar-refractivity contribution in [3.8, 4) is 5.75 Å². The molecule has 0 saturated heterocycles. The highest BCUT2D eigenvalue weighted by Crippen LogP contribution is 2.33. The summed E-state index contributed by atoms with van der Waals surface area (Å²) in [6, 6.07) is 2.76. The molecule has 5 heteroatoms. The molecule has 1 unspecified atom stereocenters. The molecule has 0 saturated carbocycles. The van der Waals surface area contributed by atoms with Crippen LogP contribution in [0.3, 0.4) is 0 Å². The van der Waals surface area contributed by atoms with E-state index in [1.807, 2.05) is 0 Å². The summed E-state index contributed by atoms with van der Waals surface area (Å²) in [4.78, 5) is 10.8. The summed E-state index contributed by atoms with van der Waals surface area (Å²) >= 11 is 5.55. The molecule has 1 aromatic rings. The maximum Gasteiger partial charge on any atom is 0.310 e. The first kappa shape index (κ1) is 11.8. The number of carbonyl (C=O) groups is 1. The maximum absolute atomic E-state index is 13.4. The lowest BCUT2D eigenvalue weighted by Gasteiger charge is -2.13. The summed E-state index contributed by atoms with van der Waals surface area (Å²) in [5.74, 6) is -2.73. The van der Waals surface area contributed by atoms with Gasteiger partial charge in [0.05, 0.1) is 18.1 Å². The minimum atomic E-state index is -1.05. The molecule has 0 spiro atoms. The minimum Gasteiger partial charge on any atom is -0.493 e. The molecule has 0 aliphatic carbocycles. The van der Waals surface area contributed by atoms with E-state index in [9.17, 15) is 9.18 Å². The van der Waals surface area contributed by atoms with Crippen molar-refractivity contribution in [1.29, 1.82) is 0 Å². The van der Waals surface area contributed by atoms with Gasteiger partial charge in [-0.25, -0.2) is 4.39 Å². The zero-order valence-corrected chi connectivity index (χ0v) is 9.01. The molecule has 15 heavy (non-hydrogen) atoms. The highest BCUT2D eigenvalue weighted by atomic mass is 35.5. The Morgan fingerprint density at radius 2 is 2.20 bits per heavy atom. The fourth-order valence-corrected chi connectivity index (χ4v) is 1.38. The van der Waals surface area contributed by atoms with Gasteiger partial charge in [-0.05, 0) is 13.0 Å². The van der Waals surface area contributed by atoms with Crippen LogP contribution < -0.4 is 4.74 Å². The first-order chi connectivity index (χ1) is 6.99. The third kappa shape index (κ3) is 2.21. The molecule has 1 rings (SSSR count). The number of aliphatic carboxylic acids is 1. The van der Waals surface area contributed by atoms with Crippen LogP contribution in [0.4, 0.5) is 4.39 Å². The standard InChI is InChI=1S/C10H10ClFO3/c1-5(10(13)14)6-3-4-7(11)8(12)9(6)15-2/h3-5H,1-2H3,(H,13,14). The monoisotopic (exact) mass is 232 g/mol. The Balaban J connectivity index is 3.30.